The van der Waals surface area contributed by atoms with Gasteiger partial charge in [0.15, 0.2) is 0 Å². The zero-order valence-electron chi connectivity index (χ0n) is 12.8. The van der Waals surface area contributed by atoms with Crippen molar-refractivity contribution in [1.82, 2.24) is 9.88 Å². The predicted molar refractivity (Wildman–Crippen MR) is 87.8 cm³/mol. The van der Waals surface area contributed by atoms with Gasteiger partial charge in [0.2, 0.25) is 0 Å². The van der Waals surface area contributed by atoms with Crippen molar-refractivity contribution >= 4 is 33.0 Å². The Labute approximate surface area is 129 Å². The first-order chi connectivity index (χ1) is 9.97. The van der Waals surface area contributed by atoms with E-state index in [0.29, 0.717) is 16.5 Å². The van der Waals surface area contributed by atoms with Gasteiger partial charge in [-0.2, -0.15) is 0 Å². The minimum atomic E-state index is 0.0395. The quantitative estimate of drug-likeness (QED) is 0.945. The highest BCUT2D eigenvalue weighted by Gasteiger charge is 2.25. The first kappa shape index (κ1) is 14.3. The highest BCUT2D eigenvalue weighted by atomic mass is 32.1. The van der Waals surface area contributed by atoms with Gasteiger partial charge in [-0.1, -0.05) is 6.42 Å². The van der Waals surface area contributed by atoms with Crippen LogP contribution in [-0.4, -0.2) is 29.4 Å². The zero-order valence-corrected chi connectivity index (χ0v) is 13.6. The largest absolute Gasteiger partial charge is 0.397 e. The van der Waals surface area contributed by atoms with Gasteiger partial charge in [-0.15, -0.1) is 11.3 Å². The molecule has 1 amide bonds. The molecule has 0 saturated heterocycles. The molecule has 0 atom stereocenters. The Hall–Kier alpha value is -1.62. The number of nitrogens with two attached hydrogens (primary N) is 1. The number of fused-ring (bicyclic) bond motifs is 1. The summed E-state index contributed by atoms with van der Waals surface area (Å²) in [5, 5.41) is 0.936. The number of aryl methyl sites for hydroxylation is 2. The van der Waals surface area contributed by atoms with Crippen LogP contribution in [0.5, 0.6) is 0 Å². The number of nitrogens with zero attached hydrogens (tertiary/aromatic N) is 2. The normalized spacial score (nSPS) is 15.2. The number of nitrogen functional groups attached to an aromatic ring is 1. The molecule has 2 N–H and O–H groups in total. The minimum absolute atomic E-state index is 0.0395. The first-order valence-corrected chi connectivity index (χ1v) is 8.20. The van der Waals surface area contributed by atoms with E-state index in [-0.39, 0.29) is 5.91 Å². The van der Waals surface area contributed by atoms with Crippen molar-refractivity contribution in [2.75, 3.05) is 19.3 Å². The molecule has 112 valence electrons. The molecule has 0 radical (unpaired) electrons. The Bertz CT molecular complexity index is 703. The van der Waals surface area contributed by atoms with E-state index in [4.69, 9.17) is 5.73 Å². The predicted octanol–water partition coefficient (Wildman–Crippen LogP) is 3.37. The van der Waals surface area contributed by atoms with Crippen molar-refractivity contribution in [2.24, 2.45) is 5.92 Å². The van der Waals surface area contributed by atoms with Crippen LogP contribution in [0.25, 0.3) is 10.1 Å². The third-order valence-corrected chi connectivity index (χ3v) is 5.46. The molecule has 0 aromatic carbocycles. The summed E-state index contributed by atoms with van der Waals surface area (Å²) in [6.45, 7) is 4.75. The number of carbonyl (C=O) groups is 1. The number of rotatable bonds is 3. The van der Waals surface area contributed by atoms with Gasteiger partial charge in [-0.05, 0) is 38.7 Å². The number of carbonyl (C=O) groups excluding carboxylic acids is 1. The van der Waals surface area contributed by atoms with Gasteiger partial charge >= 0.3 is 0 Å². The summed E-state index contributed by atoms with van der Waals surface area (Å²) in [6, 6.07) is 2.01. The van der Waals surface area contributed by atoms with Crippen molar-refractivity contribution in [2.45, 2.75) is 33.1 Å². The molecular weight excluding hydrogens is 282 g/mol. The number of anilines is 1. The topological polar surface area (TPSA) is 59.2 Å². The minimum Gasteiger partial charge on any atom is -0.397 e. The molecular formula is C16H21N3OS. The SMILES string of the molecule is Cc1cc2sc(C(=O)N(C)CC3CCC3)c(N)c2c(C)n1. The zero-order chi connectivity index (χ0) is 15.1. The number of thiophene rings is 1. The van der Waals surface area contributed by atoms with E-state index in [1.165, 1.54) is 30.6 Å². The van der Waals surface area contributed by atoms with Gasteiger partial charge in [0.05, 0.1) is 5.69 Å². The molecule has 1 saturated carbocycles. The molecule has 0 unspecified atom stereocenters. The fourth-order valence-electron chi connectivity index (χ4n) is 2.96. The fraction of sp³-hybridized carbons (Fsp3) is 0.500. The summed E-state index contributed by atoms with van der Waals surface area (Å²) in [5.74, 6) is 0.706. The lowest BCUT2D eigenvalue weighted by molar-refractivity contribution is 0.0751. The molecule has 5 heteroatoms. The van der Waals surface area contributed by atoms with E-state index in [1.54, 1.807) is 0 Å². The molecule has 2 aromatic rings. The van der Waals surface area contributed by atoms with Crippen molar-refractivity contribution in [1.29, 1.82) is 0 Å². The second-order valence-corrected chi connectivity index (χ2v) is 7.10. The van der Waals surface area contributed by atoms with E-state index in [2.05, 4.69) is 4.98 Å². The second kappa shape index (κ2) is 5.30. The molecule has 2 aromatic heterocycles. The third-order valence-electron chi connectivity index (χ3n) is 4.32. The Kier molecular flexibility index (Phi) is 3.61. The fourth-order valence-corrected chi connectivity index (χ4v) is 4.22. The highest BCUT2D eigenvalue weighted by Crippen LogP contribution is 2.36. The monoisotopic (exact) mass is 303 g/mol. The molecule has 1 aliphatic carbocycles. The Morgan fingerprint density at radius 1 is 1.48 bits per heavy atom. The van der Waals surface area contributed by atoms with E-state index in [1.807, 2.05) is 31.9 Å². The van der Waals surface area contributed by atoms with Gasteiger partial charge in [-0.25, -0.2) is 0 Å². The van der Waals surface area contributed by atoms with E-state index in [9.17, 15) is 4.79 Å². The third kappa shape index (κ3) is 2.50. The maximum Gasteiger partial charge on any atom is 0.265 e. The van der Waals surface area contributed by atoms with Crippen LogP contribution in [0.3, 0.4) is 0 Å². The summed E-state index contributed by atoms with van der Waals surface area (Å²) in [5.41, 5.74) is 8.68. The highest BCUT2D eigenvalue weighted by molar-refractivity contribution is 7.21. The van der Waals surface area contributed by atoms with Crippen LogP contribution in [0, 0.1) is 19.8 Å². The van der Waals surface area contributed by atoms with Crippen LogP contribution in [-0.2, 0) is 0 Å². The van der Waals surface area contributed by atoms with Crippen molar-refractivity contribution in [3.63, 3.8) is 0 Å². The molecule has 0 aliphatic heterocycles. The number of pyridine rings is 1. The molecule has 1 fully saturated rings. The van der Waals surface area contributed by atoms with Crippen molar-refractivity contribution in [3.05, 3.63) is 22.3 Å². The van der Waals surface area contributed by atoms with Gasteiger partial charge in [0, 0.05) is 35.1 Å². The number of hydrogen-bond acceptors (Lipinski definition) is 4. The van der Waals surface area contributed by atoms with Crippen LogP contribution in [0.1, 0.15) is 40.3 Å². The summed E-state index contributed by atoms with van der Waals surface area (Å²) in [6.07, 6.45) is 3.77. The summed E-state index contributed by atoms with van der Waals surface area (Å²) < 4.78 is 1.05. The standard InChI is InChI=1S/C16H21N3OS/c1-9-7-12-13(10(2)18-9)14(17)15(21-12)16(20)19(3)8-11-5-4-6-11/h7,11H,4-6,8,17H2,1-3H3. The summed E-state index contributed by atoms with van der Waals surface area (Å²) in [7, 11) is 1.88. The van der Waals surface area contributed by atoms with Gasteiger partial charge in [-0.3, -0.25) is 9.78 Å². The van der Waals surface area contributed by atoms with Gasteiger partial charge in [0.1, 0.15) is 4.88 Å². The molecule has 4 nitrogen and oxygen atoms in total. The lowest BCUT2D eigenvalue weighted by atomic mass is 9.85. The Morgan fingerprint density at radius 2 is 2.19 bits per heavy atom. The lowest BCUT2D eigenvalue weighted by Crippen LogP contribution is -2.34. The average molecular weight is 303 g/mol. The molecule has 21 heavy (non-hydrogen) atoms. The van der Waals surface area contributed by atoms with Crippen LogP contribution >= 0.6 is 11.3 Å². The summed E-state index contributed by atoms with van der Waals surface area (Å²) in [4.78, 5) is 19.6. The molecule has 2 heterocycles. The average Bonchev–Trinajstić information content (AvgIpc) is 2.69. The number of amides is 1. The molecule has 3 rings (SSSR count). The van der Waals surface area contributed by atoms with Crippen molar-refractivity contribution < 1.29 is 4.79 Å². The van der Waals surface area contributed by atoms with Gasteiger partial charge < -0.3 is 10.6 Å². The van der Waals surface area contributed by atoms with Crippen molar-refractivity contribution in [3.8, 4) is 0 Å². The van der Waals surface area contributed by atoms with Crippen LogP contribution in [0.4, 0.5) is 5.69 Å². The van der Waals surface area contributed by atoms with E-state index in [0.717, 1.165) is 28.0 Å². The maximum absolute atomic E-state index is 12.6. The van der Waals surface area contributed by atoms with E-state index < -0.39 is 0 Å². The summed E-state index contributed by atoms with van der Waals surface area (Å²) >= 11 is 1.49. The maximum atomic E-state index is 12.6. The molecule has 0 bridgehead atoms. The van der Waals surface area contributed by atoms with E-state index >= 15 is 0 Å². The number of hydrogen-bond donors (Lipinski definition) is 1. The Balaban J connectivity index is 1.94. The van der Waals surface area contributed by atoms with Crippen LogP contribution in [0.15, 0.2) is 6.07 Å². The van der Waals surface area contributed by atoms with Gasteiger partial charge in [0.25, 0.3) is 5.91 Å². The second-order valence-electron chi connectivity index (χ2n) is 6.05. The van der Waals surface area contributed by atoms with Crippen LogP contribution < -0.4 is 5.73 Å². The van der Waals surface area contributed by atoms with Crippen LogP contribution in [0.2, 0.25) is 0 Å². The molecule has 1 aliphatic rings. The number of aromatic nitrogens is 1. The lowest BCUT2D eigenvalue weighted by Gasteiger charge is -2.30. The smallest absolute Gasteiger partial charge is 0.265 e. The molecule has 0 spiro atoms. The Morgan fingerprint density at radius 3 is 2.81 bits per heavy atom. The first-order valence-electron chi connectivity index (χ1n) is 7.39.